The first kappa shape index (κ1) is 8.87. The number of anilines is 1. The summed E-state index contributed by atoms with van der Waals surface area (Å²) in [6.07, 6.45) is 0. The molecule has 0 saturated carbocycles. The molecule has 14 heavy (non-hydrogen) atoms. The zero-order valence-corrected chi connectivity index (χ0v) is 8.10. The van der Waals surface area contributed by atoms with Gasteiger partial charge in [-0.25, -0.2) is 15.4 Å². The van der Waals surface area contributed by atoms with Crippen molar-refractivity contribution in [3.63, 3.8) is 0 Å². The molecule has 1 aliphatic heterocycles. The highest BCUT2D eigenvalue weighted by molar-refractivity contribution is 5.78. The summed E-state index contributed by atoms with van der Waals surface area (Å²) in [6, 6.07) is 10.6. The van der Waals surface area contributed by atoms with Gasteiger partial charge in [0, 0.05) is 6.54 Å². The molecule has 74 valence electrons. The Kier molecular flexibility index (Phi) is 2.53. The number of ether oxygens (including phenoxy) is 1. The standard InChI is InChI=1S/C10H13N3O/c1-2-11-10-12-13(8-14-10)9-6-4-3-5-7-9/h3-7H,2,8H2,1H3,(H,11,12). The van der Waals surface area contributed by atoms with Crippen LogP contribution >= 0.6 is 0 Å². The molecule has 1 saturated heterocycles. The highest BCUT2D eigenvalue weighted by Gasteiger charge is 2.17. The summed E-state index contributed by atoms with van der Waals surface area (Å²) in [6.45, 7) is 3.21. The fourth-order valence-corrected chi connectivity index (χ4v) is 1.28. The van der Waals surface area contributed by atoms with Crippen molar-refractivity contribution in [1.29, 1.82) is 0 Å². The average Bonchev–Trinajstić information content (AvgIpc) is 2.68. The summed E-state index contributed by atoms with van der Waals surface area (Å²) in [5, 5.41) is 1.91. The third kappa shape index (κ3) is 1.79. The molecule has 1 N–H and O–H groups in total. The third-order valence-corrected chi connectivity index (χ3v) is 1.93. The zero-order chi connectivity index (χ0) is 9.80. The lowest BCUT2D eigenvalue weighted by molar-refractivity contribution is 0.343. The van der Waals surface area contributed by atoms with Crippen molar-refractivity contribution in [3.05, 3.63) is 30.3 Å². The summed E-state index contributed by atoms with van der Waals surface area (Å²) >= 11 is 0. The maximum absolute atomic E-state index is 5.33. The monoisotopic (exact) mass is 191 g/mol. The maximum atomic E-state index is 5.33. The smallest absolute Gasteiger partial charge is 0.305 e. The summed E-state index contributed by atoms with van der Waals surface area (Å²) in [7, 11) is 0. The van der Waals surface area contributed by atoms with Crippen molar-refractivity contribution in [1.82, 2.24) is 5.43 Å². The van der Waals surface area contributed by atoms with E-state index in [2.05, 4.69) is 10.4 Å². The number of nitrogens with zero attached hydrogens (tertiary/aromatic N) is 2. The van der Waals surface area contributed by atoms with Gasteiger partial charge in [0.1, 0.15) is 0 Å². The Balaban J connectivity index is 2.06. The van der Waals surface area contributed by atoms with E-state index in [1.54, 1.807) is 0 Å². The van der Waals surface area contributed by atoms with Gasteiger partial charge in [0.15, 0.2) is 6.73 Å². The first-order valence-corrected chi connectivity index (χ1v) is 4.66. The number of hydrazine groups is 1. The number of benzene rings is 1. The molecule has 1 aromatic rings. The Hall–Kier alpha value is -1.71. The second kappa shape index (κ2) is 4.00. The molecule has 0 aromatic heterocycles. The van der Waals surface area contributed by atoms with Gasteiger partial charge in [-0.3, -0.25) is 0 Å². The summed E-state index contributed by atoms with van der Waals surface area (Å²) in [5.74, 6) is 0. The summed E-state index contributed by atoms with van der Waals surface area (Å²) in [4.78, 5) is 4.14. The molecule has 1 aliphatic rings. The van der Waals surface area contributed by atoms with Gasteiger partial charge >= 0.3 is 6.02 Å². The van der Waals surface area contributed by atoms with Crippen molar-refractivity contribution >= 4 is 11.7 Å². The highest BCUT2D eigenvalue weighted by Crippen LogP contribution is 2.13. The number of hydrogen-bond donors (Lipinski definition) is 1. The van der Waals surface area contributed by atoms with E-state index in [1.165, 1.54) is 0 Å². The third-order valence-electron chi connectivity index (χ3n) is 1.93. The molecule has 0 radical (unpaired) electrons. The topological polar surface area (TPSA) is 36.9 Å². The average molecular weight is 191 g/mol. The second-order valence-electron chi connectivity index (χ2n) is 2.93. The number of aliphatic imine (C=N–C) groups is 1. The molecule has 1 fully saturated rings. The second-order valence-corrected chi connectivity index (χ2v) is 2.93. The molecule has 1 heterocycles. The van der Waals surface area contributed by atoms with Gasteiger partial charge in [-0.05, 0) is 19.1 Å². The molecule has 4 nitrogen and oxygen atoms in total. The fourth-order valence-electron chi connectivity index (χ4n) is 1.28. The lowest BCUT2D eigenvalue weighted by Crippen LogP contribution is -2.33. The Morgan fingerprint density at radius 1 is 1.43 bits per heavy atom. The maximum Gasteiger partial charge on any atom is 0.305 e. The van der Waals surface area contributed by atoms with Crippen LogP contribution in [0.1, 0.15) is 6.92 Å². The minimum absolute atomic E-state index is 0.503. The predicted octanol–water partition coefficient (Wildman–Crippen LogP) is 1.36. The normalized spacial score (nSPS) is 18.1. The molecule has 4 heteroatoms. The molecule has 2 rings (SSSR count). The minimum atomic E-state index is 0.503. The van der Waals surface area contributed by atoms with Crippen LogP contribution < -0.4 is 10.4 Å². The van der Waals surface area contributed by atoms with E-state index >= 15 is 0 Å². The number of nitrogens with one attached hydrogen (secondary N) is 1. The van der Waals surface area contributed by atoms with Gasteiger partial charge in [0.2, 0.25) is 0 Å². The van der Waals surface area contributed by atoms with Crippen LogP contribution in [0.2, 0.25) is 0 Å². The van der Waals surface area contributed by atoms with Gasteiger partial charge < -0.3 is 4.74 Å². The lowest BCUT2D eigenvalue weighted by Gasteiger charge is -2.13. The number of amidine groups is 1. The fraction of sp³-hybridized carbons (Fsp3) is 0.300. The minimum Gasteiger partial charge on any atom is -0.441 e. The Morgan fingerprint density at radius 2 is 2.21 bits per heavy atom. The van der Waals surface area contributed by atoms with Gasteiger partial charge in [0.25, 0.3) is 0 Å². The quantitative estimate of drug-likeness (QED) is 0.767. The van der Waals surface area contributed by atoms with Crippen LogP contribution in [0.3, 0.4) is 0 Å². The van der Waals surface area contributed by atoms with Gasteiger partial charge in [-0.15, -0.1) is 0 Å². The summed E-state index contributed by atoms with van der Waals surface area (Å²) < 4.78 is 5.33. The van der Waals surface area contributed by atoms with E-state index in [-0.39, 0.29) is 0 Å². The molecule has 1 aromatic carbocycles. The largest absolute Gasteiger partial charge is 0.441 e. The molecule has 0 spiro atoms. The molecule has 0 bridgehead atoms. The SMILES string of the molecule is CCN=C1NN(c2ccccc2)CO1. The van der Waals surface area contributed by atoms with Crippen molar-refractivity contribution in [3.8, 4) is 0 Å². The van der Waals surface area contributed by atoms with Crippen LogP contribution in [0.15, 0.2) is 35.3 Å². The van der Waals surface area contributed by atoms with E-state index in [4.69, 9.17) is 4.74 Å². The lowest BCUT2D eigenvalue weighted by atomic mass is 10.3. The highest BCUT2D eigenvalue weighted by atomic mass is 16.5. The number of hydrogen-bond acceptors (Lipinski definition) is 3. The van der Waals surface area contributed by atoms with Gasteiger partial charge in [0.05, 0.1) is 5.69 Å². The molecular formula is C10H13N3O. The molecular weight excluding hydrogens is 178 g/mol. The number of para-hydroxylation sites is 1. The van der Waals surface area contributed by atoms with Gasteiger partial charge in [-0.1, -0.05) is 18.2 Å². The first-order valence-electron chi connectivity index (χ1n) is 4.66. The zero-order valence-electron chi connectivity index (χ0n) is 8.10. The molecule has 0 atom stereocenters. The number of rotatable bonds is 2. The van der Waals surface area contributed by atoms with Crippen LogP contribution in [0.4, 0.5) is 5.69 Å². The van der Waals surface area contributed by atoms with Crippen LogP contribution in [-0.4, -0.2) is 19.3 Å². The van der Waals surface area contributed by atoms with E-state index in [9.17, 15) is 0 Å². The Morgan fingerprint density at radius 3 is 2.93 bits per heavy atom. The summed E-state index contributed by atoms with van der Waals surface area (Å²) in [5.41, 5.74) is 4.15. The molecule has 0 amide bonds. The van der Waals surface area contributed by atoms with E-state index in [1.807, 2.05) is 42.3 Å². The molecule has 0 aliphatic carbocycles. The Labute approximate surface area is 83.2 Å². The van der Waals surface area contributed by atoms with Crippen molar-refractivity contribution in [2.75, 3.05) is 18.3 Å². The van der Waals surface area contributed by atoms with E-state index in [0.29, 0.717) is 12.8 Å². The van der Waals surface area contributed by atoms with Crippen LogP contribution in [0.5, 0.6) is 0 Å². The van der Waals surface area contributed by atoms with Crippen LogP contribution in [-0.2, 0) is 4.74 Å². The van der Waals surface area contributed by atoms with E-state index < -0.39 is 0 Å². The van der Waals surface area contributed by atoms with Crippen LogP contribution in [0, 0.1) is 0 Å². The van der Waals surface area contributed by atoms with Gasteiger partial charge in [-0.2, -0.15) is 0 Å². The Bertz CT molecular complexity index is 323. The predicted molar refractivity (Wildman–Crippen MR) is 56.0 cm³/mol. The van der Waals surface area contributed by atoms with Crippen molar-refractivity contribution in [2.24, 2.45) is 4.99 Å². The van der Waals surface area contributed by atoms with Crippen molar-refractivity contribution in [2.45, 2.75) is 6.92 Å². The van der Waals surface area contributed by atoms with Crippen LogP contribution in [0.25, 0.3) is 0 Å². The van der Waals surface area contributed by atoms with Crippen molar-refractivity contribution < 1.29 is 4.74 Å². The first-order chi connectivity index (χ1) is 6.90. The molecule has 0 unspecified atom stereocenters. The van der Waals surface area contributed by atoms with E-state index in [0.717, 1.165) is 12.2 Å².